The Morgan fingerprint density at radius 2 is 2.19 bits per heavy atom. The third-order valence-corrected chi connectivity index (χ3v) is 4.24. The molecule has 134 valence electrons. The van der Waals surface area contributed by atoms with E-state index in [1.807, 2.05) is 13.0 Å². The van der Waals surface area contributed by atoms with Crippen molar-refractivity contribution in [3.8, 4) is 11.8 Å². The van der Waals surface area contributed by atoms with E-state index in [-0.39, 0.29) is 47.2 Å². The van der Waals surface area contributed by atoms with Gasteiger partial charge in [-0.25, -0.2) is 4.68 Å². The minimum atomic E-state index is -0.290. The highest BCUT2D eigenvalue weighted by Gasteiger charge is 2.34. The van der Waals surface area contributed by atoms with Gasteiger partial charge in [0.05, 0.1) is 17.7 Å². The molecule has 0 radical (unpaired) electrons. The molecule has 0 aliphatic carbocycles. The Hall–Kier alpha value is -3.48. The maximum absolute atomic E-state index is 12.7. The lowest BCUT2D eigenvalue weighted by atomic mass is 10.1. The molecule has 1 fully saturated rings. The van der Waals surface area contributed by atoms with Crippen LogP contribution in [0.15, 0.2) is 24.5 Å². The molecule has 10 heteroatoms. The quantitative estimate of drug-likeness (QED) is 0.756. The number of rotatable bonds is 4. The van der Waals surface area contributed by atoms with Crippen LogP contribution >= 0.6 is 0 Å². The third-order valence-electron chi connectivity index (χ3n) is 4.24. The first-order valence-corrected chi connectivity index (χ1v) is 8.00. The average molecular weight is 355 g/mol. The molecule has 2 heterocycles. The molecule has 1 aromatic heterocycles. The molecule has 0 bridgehead atoms. The first kappa shape index (κ1) is 17.3. The summed E-state index contributed by atoms with van der Waals surface area (Å²) in [7, 11) is 0. The lowest BCUT2D eigenvalue weighted by Crippen LogP contribution is -2.42. The zero-order valence-corrected chi connectivity index (χ0v) is 14.0. The maximum atomic E-state index is 12.7. The summed E-state index contributed by atoms with van der Waals surface area (Å²) in [5, 5.41) is 32.1. The molecule has 0 spiro atoms. The Morgan fingerprint density at radius 1 is 1.38 bits per heavy atom. The third kappa shape index (κ3) is 3.77. The molecular formula is C16H17N7O3. The second-order valence-electron chi connectivity index (χ2n) is 6.25. The number of nitrogens with one attached hydrogen (secondary N) is 1. The van der Waals surface area contributed by atoms with Gasteiger partial charge >= 0.3 is 0 Å². The van der Waals surface area contributed by atoms with Gasteiger partial charge in [-0.2, -0.15) is 5.26 Å². The fourth-order valence-electron chi connectivity index (χ4n) is 2.95. The standard InChI is InChI=1S/C16H17N7O3/c1-10-6-22(16(26)12-2-11(5-17)3-13(24)4-12)7-14(10)19-15(25)8-23-9-18-20-21-23/h2-4,9-10,14,24H,6-8H2,1H3,(H,19,25)/t10-,14+/m0/s1. The van der Waals surface area contributed by atoms with E-state index in [9.17, 15) is 14.7 Å². The van der Waals surface area contributed by atoms with Gasteiger partial charge in [-0.1, -0.05) is 6.92 Å². The monoisotopic (exact) mass is 355 g/mol. The topological polar surface area (TPSA) is 137 Å². The van der Waals surface area contributed by atoms with Crippen LogP contribution in [0.2, 0.25) is 0 Å². The van der Waals surface area contributed by atoms with Crippen molar-refractivity contribution >= 4 is 11.8 Å². The number of benzene rings is 1. The molecule has 1 aromatic carbocycles. The molecule has 2 amide bonds. The molecular weight excluding hydrogens is 338 g/mol. The molecule has 1 aliphatic heterocycles. The summed E-state index contributed by atoms with van der Waals surface area (Å²) in [5.74, 6) is -0.607. The highest BCUT2D eigenvalue weighted by molar-refractivity contribution is 5.95. The van der Waals surface area contributed by atoms with Crippen molar-refractivity contribution in [2.45, 2.75) is 19.5 Å². The van der Waals surface area contributed by atoms with E-state index < -0.39 is 0 Å². The largest absolute Gasteiger partial charge is 0.508 e. The van der Waals surface area contributed by atoms with Crippen LogP contribution in [0.5, 0.6) is 5.75 Å². The fourth-order valence-corrected chi connectivity index (χ4v) is 2.95. The van der Waals surface area contributed by atoms with E-state index in [4.69, 9.17) is 5.26 Å². The van der Waals surface area contributed by atoms with Gasteiger partial charge in [0.15, 0.2) is 0 Å². The number of phenols is 1. The van der Waals surface area contributed by atoms with Gasteiger partial charge in [-0.15, -0.1) is 5.10 Å². The number of phenolic OH excluding ortho intramolecular Hbond substituents is 1. The average Bonchev–Trinajstić information content (AvgIpc) is 3.23. The number of nitriles is 1. The summed E-state index contributed by atoms with van der Waals surface area (Å²) >= 11 is 0. The SMILES string of the molecule is C[C@H]1CN(C(=O)c2cc(O)cc(C#N)c2)C[C@H]1NC(=O)Cn1cnnn1. The number of tetrazole rings is 1. The highest BCUT2D eigenvalue weighted by atomic mass is 16.3. The van der Waals surface area contributed by atoms with Gasteiger partial charge in [-0.05, 0) is 34.5 Å². The van der Waals surface area contributed by atoms with Crippen LogP contribution in [0, 0.1) is 17.2 Å². The molecule has 2 aromatic rings. The molecule has 2 atom stereocenters. The van der Waals surface area contributed by atoms with Gasteiger partial charge < -0.3 is 15.3 Å². The molecule has 1 aliphatic rings. The van der Waals surface area contributed by atoms with E-state index in [1.54, 1.807) is 4.90 Å². The molecule has 0 saturated carbocycles. The van der Waals surface area contributed by atoms with Crippen molar-refractivity contribution in [1.29, 1.82) is 5.26 Å². The predicted molar refractivity (Wildman–Crippen MR) is 87.6 cm³/mol. The Labute approximate surface area is 149 Å². The molecule has 26 heavy (non-hydrogen) atoms. The first-order chi connectivity index (χ1) is 12.5. The summed E-state index contributed by atoms with van der Waals surface area (Å²) in [4.78, 5) is 26.3. The van der Waals surface area contributed by atoms with Crippen molar-refractivity contribution < 1.29 is 14.7 Å². The smallest absolute Gasteiger partial charge is 0.254 e. The number of likely N-dealkylation sites (tertiary alicyclic amines) is 1. The number of hydrogen-bond acceptors (Lipinski definition) is 7. The number of carbonyl (C=O) groups is 2. The summed E-state index contributed by atoms with van der Waals surface area (Å²) < 4.78 is 1.31. The molecule has 1 saturated heterocycles. The minimum absolute atomic E-state index is 0.00224. The van der Waals surface area contributed by atoms with Crippen LogP contribution in [0.3, 0.4) is 0 Å². The van der Waals surface area contributed by atoms with Gasteiger partial charge in [0.2, 0.25) is 5.91 Å². The van der Waals surface area contributed by atoms with Crippen LogP contribution in [0.25, 0.3) is 0 Å². The van der Waals surface area contributed by atoms with Crippen LogP contribution in [0.1, 0.15) is 22.8 Å². The van der Waals surface area contributed by atoms with Gasteiger partial charge in [0.1, 0.15) is 18.6 Å². The summed E-state index contributed by atoms with van der Waals surface area (Å²) in [6.45, 7) is 2.76. The predicted octanol–water partition coefficient (Wildman–Crippen LogP) is -0.473. The number of amides is 2. The Morgan fingerprint density at radius 3 is 2.88 bits per heavy atom. The van der Waals surface area contributed by atoms with E-state index >= 15 is 0 Å². The number of carbonyl (C=O) groups excluding carboxylic acids is 2. The molecule has 3 rings (SSSR count). The number of aromatic nitrogens is 4. The fraction of sp³-hybridized carbons (Fsp3) is 0.375. The first-order valence-electron chi connectivity index (χ1n) is 8.00. The van der Waals surface area contributed by atoms with Crippen molar-refractivity contribution in [3.63, 3.8) is 0 Å². The normalized spacial score (nSPS) is 19.2. The molecule has 0 unspecified atom stereocenters. The van der Waals surface area contributed by atoms with E-state index in [0.717, 1.165) is 0 Å². The zero-order valence-electron chi connectivity index (χ0n) is 14.0. The van der Waals surface area contributed by atoms with E-state index in [0.29, 0.717) is 13.1 Å². The van der Waals surface area contributed by atoms with Crippen molar-refractivity contribution in [3.05, 3.63) is 35.7 Å². The van der Waals surface area contributed by atoms with Gasteiger partial charge in [0, 0.05) is 18.7 Å². The van der Waals surface area contributed by atoms with Crippen molar-refractivity contribution in [2.75, 3.05) is 13.1 Å². The Balaban J connectivity index is 1.64. The van der Waals surface area contributed by atoms with Crippen LogP contribution < -0.4 is 5.32 Å². The summed E-state index contributed by atoms with van der Waals surface area (Å²) in [5.41, 5.74) is 0.460. The Kier molecular flexibility index (Phi) is 4.79. The lowest BCUT2D eigenvalue weighted by molar-refractivity contribution is -0.122. The van der Waals surface area contributed by atoms with E-state index in [2.05, 4.69) is 20.8 Å². The van der Waals surface area contributed by atoms with Crippen molar-refractivity contribution in [2.24, 2.45) is 5.92 Å². The highest BCUT2D eigenvalue weighted by Crippen LogP contribution is 2.22. The van der Waals surface area contributed by atoms with Crippen LogP contribution in [-0.2, 0) is 11.3 Å². The second-order valence-corrected chi connectivity index (χ2v) is 6.25. The zero-order chi connectivity index (χ0) is 18.7. The number of nitrogens with zero attached hydrogens (tertiary/aromatic N) is 6. The minimum Gasteiger partial charge on any atom is -0.508 e. The number of hydrogen-bond donors (Lipinski definition) is 2. The van der Waals surface area contributed by atoms with Crippen LogP contribution in [0.4, 0.5) is 0 Å². The van der Waals surface area contributed by atoms with Gasteiger partial charge in [0.25, 0.3) is 5.91 Å². The van der Waals surface area contributed by atoms with Gasteiger partial charge in [-0.3, -0.25) is 9.59 Å². The summed E-state index contributed by atoms with van der Waals surface area (Å²) in [6, 6.07) is 5.78. The maximum Gasteiger partial charge on any atom is 0.254 e. The summed E-state index contributed by atoms with van der Waals surface area (Å²) in [6.07, 6.45) is 1.35. The Bertz CT molecular complexity index is 859. The van der Waals surface area contributed by atoms with E-state index in [1.165, 1.54) is 29.2 Å². The van der Waals surface area contributed by atoms with Crippen LogP contribution in [-0.4, -0.2) is 61.2 Å². The molecule has 10 nitrogen and oxygen atoms in total. The number of aromatic hydroxyl groups is 1. The van der Waals surface area contributed by atoms with Crippen molar-refractivity contribution in [1.82, 2.24) is 30.4 Å². The second kappa shape index (κ2) is 7.18. The lowest BCUT2D eigenvalue weighted by Gasteiger charge is -2.17. The molecule has 2 N–H and O–H groups in total.